The molecule has 1 N–H and O–H groups in total. The van der Waals surface area contributed by atoms with Crippen molar-refractivity contribution in [3.63, 3.8) is 0 Å². The van der Waals surface area contributed by atoms with Crippen molar-refractivity contribution in [3.8, 4) is 0 Å². The summed E-state index contributed by atoms with van der Waals surface area (Å²) in [6.07, 6.45) is 6.81. The number of nitrogens with zero attached hydrogens (tertiary/aromatic N) is 1. The first-order valence-corrected chi connectivity index (χ1v) is 6.21. The second kappa shape index (κ2) is 6.41. The van der Waals surface area contributed by atoms with E-state index in [-0.39, 0.29) is 0 Å². The Balaban J connectivity index is 2.31. The smallest absolute Gasteiger partial charge is 0.0107 e. The molecule has 0 spiro atoms. The van der Waals surface area contributed by atoms with Crippen LogP contribution in [0.2, 0.25) is 0 Å². The highest BCUT2D eigenvalue weighted by Crippen LogP contribution is 2.22. The molecule has 1 aliphatic rings. The van der Waals surface area contributed by atoms with Gasteiger partial charge < -0.3 is 10.2 Å². The second-order valence-electron chi connectivity index (χ2n) is 4.56. The van der Waals surface area contributed by atoms with Crippen molar-refractivity contribution < 1.29 is 0 Å². The number of hydrogen-bond donors (Lipinski definition) is 1. The van der Waals surface area contributed by atoms with Gasteiger partial charge in [-0.1, -0.05) is 20.3 Å². The molecule has 0 aromatic heterocycles. The third-order valence-corrected chi connectivity index (χ3v) is 3.34. The Bertz CT molecular complexity index is 141. The minimum atomic E-state index is 0.776. The van der Waals surface area contributed by atoms with Gasteiger partial charge >= 0.3 is 0 Å². The molecule has 2 heteroatoms. The van der Waals surface area contributed by atoms with Crippen LogP contribution in [0.5, 0.6) is 0 Å². The monoisotopic (exact) mass is 198 g/mol. The zero-order valence-corrected chi connectivity index (χ0v) is 10.1. The Morgan fingerprint density at radius 3 is 2.71 bits per heavy atom. The molecule has 0 aliphatic heterocycles. The highest BCUT2D eigenvalue weighted by molar-refractivity contribution is 4.82. The Labute approximate surface area is 89.1 Å². The fraction of sp³-hybridized carbons (Fsp3) is 1.00. The van der Waals surface area contributed by atoms with Crippen LogP contribution >= 0.6 is 0 Å². The SMILES string of the molecule is CCCN(C)C1CCCC(NCC)C1. The van der Waals surface area contributed by atoms with E-state index in [4.69, 9.17) is 0 Å². The van der Waals surface area contributed by atoms with E-state index >= 15 is 0 Å². The molecule has 2 unspecified atom stereocenters. The van der Waals surface area contributed by atoms with Crippen LogP contribution in [0.4, 0.5) is 0 Å². The first-order chi connectivity index (χ1) is 6.77. The van der Waals surface area contributed by atoms with Gasteiger partial charge in [0.15, 0.2) is 0 Å². The minimum absolute atomic E-state index is 0.776. The Morgan fingerprint density at radius 2 is 2.07 bits per heavy atom. The van der Waals surface area contributed by atoms with Gasteiger partial charge in [-0.05, 0) is 45.8 Å². The largest absolute Gasteiger partial charge is 0.314 e. The average Bonchev–Trinajstić information content (AvgIpc) is 2.19. The molecule has 2 nitrogen and oxygen atoms in total. The molecular formula is C12H26N2. The zero-order valence-electron chi connectivity index (χ0n) is 10.1. The van der Waals surface area contributed by atoms with Gasteiger partial charge in [-0.3, -0.25) is 0 Å². The fourth-order valence-corrected chi connectivity index (χ4v) is 2.57. The van der Waals surface area contributed by atoms with Gasteiger partial charge in [-0.25, -0.2) is 0 Å². The number of hydrogen-bond acceptors (Lipinski definition) is 2. The van der Waals surface area contributed by atoms with Crippen LogP contribution in [-0.2, 0) is 0 Å². The number of rotatable bonds is 5. The van der Waals surface area contributed by atoms with Gasteiger partial charge in [-0.15, -0.1) is 0 Å². The van der Waals surface area contributed by atoms with E-state index in [9.17, 15) is 0 Å². The second-order valence-corrected chi connectivity index (χ2v) is 4.56. The van der Waals surface area contributed by atoms with Crippen LogP contribution in [0.15, 0.2) is 0 Å². The van der Waals surface area contributed by atoms with Gasteiger partial charge in [0.25, 0.3) is 0 Å². The highest BCUT2D eigenvalue weighted by atomic mass is 15.1. The predicted molar refractivity (Wildman–Crippen MR) is 62.6 cm³/mol. The summed E-state index contributed by atoms with van der Waals surface area (Å²) < 4.78 is 0. The van der Waals surface area contributed by atoms with Crippen molar-refractivity contribution >= 4 is 0 Å². The Kier molecular flexibility index (Phi) is 5.49. The fourth-order valence-electron chi connectivity index (χ4n) is 2.57. The van der Waals surface area contributed by atoms with Crippen LogP contribution in [0.1, 0.15) is 46.0 Å². The first kappa shape index (κ1) is 12.0. The summed E-state index contributed by atoms with van der Waals surface area (Å²) in [6.45, 7) is 6.85. The summed E-state index contributed by atoms with van der Waals surface area (Å²) in [5.41, 5.74) is 0. The van der Waals surface area contributed by atoms with Crippen molar-refractivity contribution in [1.29, 1.82) is 0 Å². The topological polar surface area (TPSA) is 15.3 Å². The Hall–Kier alpha value is -0.0800. The van der Waals surface area contributed by atoms with Gasteiger partial charge in [0.2, 0.25) is 0 Å². The molecule has 1 aliphatic carbocycles. The van der Waals surface area contributed by atoms with Crippen molar-refractivity contribution in [2.75, 3.05) is 20.1 Å². The maximum Gasteiger partial charge on any atom is 0.0107 e. The molecule has 0 heterocycles. The third kappa shape index (κ3) is 3.58. The van der Waals surface area contributed by atoms with Crippen molar-refractivity contribution in [2.24, 2.45) is 0 Å². The quantitative estimate of drug-likeness (QED) is 0.729. The molecule has 2 atom stereocenters. The molecule has 0 bridgehead atoms. The lowest BCUT2D eigenvalue weighted by molar-refractivity contribution is 0.170. The van der Waals surface area contributed by atoms with Crippen LogP contribution in [0, 0.1) is 0 Å². The van der Waals surface area contributed by atoms with Gasteiger partial charge in [0.05, 0.1) is 0 Å². The van der Waals surface area contributed by atoms with E-state index in [0.717, 1.165) is 18.6 Å². The van der Waals surface area contributed by atoms with Crippen LogP contribution in [-0.4, -0.2) is 37.1 Å². The molecular weight excluding hydrogens is 172 g/mol. The summed E-state index contributed by atoms with van der Waals surface area (Å²) in [4.78, 5) is 2.55. The van der Waals surface area contributed by atoms with E-state index in [2.05, 4.69) is 31.1 Å². The van der Waals surface area contributed by atoms with Crippen LogP contribution < -0.4 is 5.32 Å². The lowest BCUT2D eigenvalue weighted by Crippen LogP contribution is -2.43. The molecule has 0 aromatic rings. The number of nitrogens with one attached hydrogen (secondary N) is 1. The van der Waals surface area contributed by atoms with Gasteiger partial charge in [0.1, 0.15) is 0 Å². The molecule has 1 saturated carbocycles. The van der Waals surface area contributed by atoms with Gasteiger partial charge in [-0.2, -0.15) is 0 Å². The standard InChI is InChI=1S/C12H26N2/c1-4-9-14(3)12-8-6-7-11(10-12)13-5-2/h11-13H,4-10H2,1-3H3. The highest BCUT2D eigenvalue weighted by Gasteiger charge is 2.23. The zero-order chi connectivity index (χ0) is 10.4. The Morgan fingerprint density at radius 1 is 1.29 bits per heavy atom. The van der Waals surface area contributed by atoms with E-state index in [1.165, 1.54) is 38.6 Å². The van der Waals surface area contributed by atoms with E-state index in [1.807, 2.05) is 0 Å². The summed E-state index contributed by atoms with van der Waals surface area (Å²) in [5.74, 6) is 0. The van der Waals surface area contributed by atoms with E-state index < -0.39 is 0 Å². The molecule has 0 saturated heterocycles. The normalized spacial score (nSPS) is 28.3. The van der Waals surface area contributed by atoms with Crippen LogP contribution in [0.3, 0.4) is 0 Å². The van der Waals surface area contributed by atoms with E-state index in [1.54, 1.807) is 0 Å². The average molecular weight is 198 g/mol. The molecule has 84 valence electrons. The summed E-state index contributed by atoms with van der Waals surface area (Å²) in [6, 6.07) is 1.60. The van der Waals surface area contributed by atoms with Crippen molar-refractivity contribution in [2.45, 2.75) is 58.0 Å². The maximum atomic E-state index is 3.58. The van der Waals surface area contributed by atoms with Crippen molar-refractivity contribution in [1.82, 2.24) is 10.2 Å². The molecule has 1 rings (SSSR count). The molecule has 0 radical (unpaired) electrons. The van der Waals surface area contributed by atoms with Gasteiger partial charge in [0, 0.05) is 12.1 Å². The molecule has 14 heavy (non-hydrogen) atoms. The molecule has 0 amide bonds. The van der Waals surface area contributed by atoms with Crippen molar-refractivity contribution in [3.05, 3.63) is 0 Å². The summed E-state index contributed by atoms with van der Waals surface area (Å²) in [7, 11) is 2.28. The van der Waals surface area contributed by atoms with Crippen LogP contribution in [0.25, 0.3) is 0 Å². The molecule has 0 aromatic carbocycles. The summed E-state index contributed by atoms with van der Waals surface area (Å²) >= 11 is 0. The lowest BCUT2D eigenvalue weighted by Gasteiger charge is -2.35. The van der Waals surface area contributed by atoms with E-state index in [0.29, 0.717) is 0 Å². The summed E-state index contributed by atoms with van der Waals surface area (Å²) in [5, 5.41) is 3.58. The lowest BCUT2D eigenvalue weighted by atomic mass is 9.90. The predicted octanol–water partition coefficient (Wildman–Crippen LogP) is 2.25. The molecule has 1 fully saturated rings. The maximum absolute atomic E-state index is 3.58. The third-order valence-electron chi connectivity index (χ3n) is 3.34. The first-order valence-electron chi connectivity index (χ1n) is 6.21. The minimum Gasteiger partial charge on any atom is -0.314 e.